The first-order valence-electron chi connectivity index (χ1n) is 8.63. The van der Waals surface area contributed by atoms with Gasteiger partial charge in [0.15, 0.2) is 0 Å². The third-order valence-corrected chi connectivity index (χ3v) is 5.76. The summed E-state index contributed by atoms with van der Waals surface area (Å²) >= 11 is 5.89. The molecule has 0 aliphatic rings. The molecule has 0 saturated carbocycles. The maximum Gasteiger partial charge on any atom is 0.261 e. The van der Waals surface area contributed by atoms with Crippen molar-refractivity contribution < 1.29 is 17.6 Å². The number of sulfonamides is 1. The van der Waals surface area contributed by atoms with Gasteiger partial charge in [0.05, 0.1) is 10.6 Å². The van der Waals surface area contributed by atoms with E-state index in [1.165, 1.54) is 41.3 Å². The average Bonchev–Trinajstić information content (AvgIpc) is 2.69. The Morgan fingerprint density at radius 3 is 2.41 bits per heavy atom. The second-order valence-electron chi connectivity index (χ2n) is 6.43. The molecule has 0 aromatic heterocycles. The molecule has 8 heteroatoms. The molecule has 0 fully saturated rings. The van der Waals surface area contributed by atoms with E-state index >= 15 is 0 Å². The van der Waals surface area contributed by atoms with Gasteiger partial charge in [0, 0.05) is 24.2 Å². The first kappa shape index (κ1) is 20.8. The number of nitrogens with zero attached hydrogens (tertiary/aromatic N) is 1. The highest BCUT2D eigenvalue weighted by Crippen LogP contribution is 2.21. The van der Waals surface area contributed by atoms with Crippen molar-refractivity contribution in [2.45, 2.75) is 11.4 Å². The highest BCUT2D eigenvalue weighted by molar-refractivity contribution is 7.92. The third kappa shape index (κ3) is 5.34. The van der Waals surface area contributed by atoms with Crippen LogP contribution in [0, 0.1) is 5.82 Å². The van der Waals surface area contributed by atoms with Gasteiger partial charge in [-0.2, -0.15) is 0 Å². The number of rotatable bonds is 6. The maximum atomic E-state index is 13.0. The predicted octanol–water partition coefficient (Wildman–Crippen LogP) is 4.55. The number of carbonyl (C=O) groups is 1. The van der Waals surface area contributed by atoms with Crippen LogP contribution in [-0.4, -0.2) is 26.3 Å². The van der Waals surface area contributed by atoms with Gasteiger partial charge in [-0.05, 0) is 54.1 Å². The average molecular weight is 433 g/mol. The van der Waals surface area contributed by atoms with Gasteiger partial charge in [0.1, 0.15) is 5.82 Å². The number of anilines is 1. The third-order valence-electron chi connectivity index (χ3n) is 4.15. The fourth-order valence-corrected chi connectivity index (χ4v) is 4.00. The number of hydrogen-bond acceptors (Lipinski definition) is 3. The van der Waals surface area contributed by atoms with Crippen LogP contribution >= 0.6 is 11.6 Å². The first-order chi connectivity index (χ1) is 13.7. The second kappa shape index (κ2) is 8.63. The number of hydrogen-bond donors (Lipinski definition) is 1. The summed E-state index contributed by atoms with van der Waals surface area (Å²) in [4.78, 5) is 14.1. The number of amides is 1. The zero-order valence-corrected chi connectivity index (χ0v) is 17.0. The minimum atomic E-state index is -3.90. The van der Waals surface area contributed by atoms with Gasteiger partial charge in [-0.1, -0.05) is 35.9 Å². The molecule has 1 amide bonds. The predicted molar refractivity (Wildman–Crippen MR) is 111 cm³/mol. The zero-order chi connectivity index (χ0) is 21.0. The summed E-state index contributed by atoms with van der Waals surface area (Å²) in [5.41, 5.74) is 1.31. The topological polar surface area (TPSA) is 66.5 Å². The molecule has 29 heavy (non-hydrogen) atoms. The van der Waals surface area contributed by atoms with E-state index in [9.17, 15) is 17.6 Å². The van der Waals surface area contributed by atoms with E-state index in [2.05, 4.69) is 4.72 Å². The highest BCUT2D eigenvalue weighted by atomic mass is 35.5. The first-order valence-corrected chi connectivity index (χ1v) is 10.5. The molecule has 0 saturated heterocycles. The fraction of sp³-hybridized carbons (Fsp3) is 0.0952. The summed E-state index contributed by atoms with van der Waals surface area (Å²) in [6.07, 6.45) is 0. The van der Waals surface area contributed by atoms with E-state index in [0.29, 0.717) is 10.7 Å². The Morgan fingerprint density at radius 2 is 1.72 bits per heavy atom. The van der Waals surface area contributed by atoms with E-state index in [1.807, 2.05) is 0 Å². The van der Waals surface area contributed by atoms with E-state index in [1.54, 1.807) is 43.4 Å². The molecule has 5 nitrogen and oxygen atoms in total. The minimum Gasteiger partial charge on any atom is -0.337 e. The number of carbonyl (C=O) groups excluding carboxylic acids is 1. The summed E-state index contributed by atoms with van der Waals surface area (Å²) < 4.78 is 40.8. The van der Waals surface area contributed by atoms with Gasteiger partial charge in [0.25, 0.3) is 15.9 Å². The Labute approximate surface area is 173 Å². The Hall–Kier alpha value is -2.90. The minimum absolute atomic E-state index is 0.0430. The van der Waals surface area contributed by atoms with Crippen LogP contribution in [-0.2, 0) is 16.6 Å². The molecule has 0 aliphatic heterocycles. The van der Waals surface area contributed by atoms with Gasteiger partial charge in [0.2, 0.25) is 0 Å². The van der Waals surface area contributed by atoms with Crippen molar-refractivity contribution in [1.29, 1.82) is 0 Å². The van der Waals surface area contributed by atoms with Crippen LogP contribution in [0.1, 0.15) is 15.9 Å². The SMILES string of the molecule is CN(Cc1ccc(F)cc1)C(=O)c1cccc(S(=O)(=O)Nc2cccc(Cl)c2)c1. The lowest BCUT2D eigenvalue weighted by atomic mass is 10.1. The summed E-state index contributed by atoms with van der Waals surface area (Å²) in [5.74, 6) is -0.707. The van der Waals surface area contributed by atoms with Gasteiger partial charge < -0.3 is 4.90 Å². The zero-order valence-electron chi connectivity index (χ0n) is 15.5. The molecular weight excluding hydrogens is 415 g/mol. The molecule has 3 aromatic carbocycles. The normalized spacial score (nSPS) is 11.1. The van der Waals surface area contributed by atoms with Crippen molar-refractivity contribution in [3.05, 3.63) is 94.8 Å². The van der Waals surface area contributed by atoms with Crippen molar-refractivity contribution in [2.24, 2.45) is 0 Å². The van der Waals surface area contributed by atoms with Crippen LogP contribution in [0.25, 0.3) is 0 Å². The highest BCUT2D eigenvalue weighted by Gasteiger charge is 2.18. The molecule has 1 N–H and O–H groups in total. The largest absolute Gasteiger partial charge is 0.337 e. The maximum absolute atomic E-state index is 13.0. The van der Waals surface area contributed by atoms with Crippen molar-refractivity contribution in [3.63, 3.8) is 0 Å². The quantitative estimate of drug-likeness (QED) is 0.621. The van der Waals surface area contributed by atoms with Crippen LogP contribution in [0.3, 0.4) is 0 Å². The van der Waals surface area contributed by atoms with Crippen molar-refractivity contribution >= 4 is 33.2 Å². The van der Waals surface area contributed by atoms with E-state index in [4.69, 9.17) is 11.6 Å². The van der Waals surface area contributed by atoms with E-state index < -0.39 is 10.0 Å². The Morgan fingerprint density at radius 1 is 1.03 bits per heavy atom. The standard InChI is InChI=1S/C21H18ClFN2O3S/c1-25(14-15-8-10-18(23)11-9-15)21(26)16-4-2-7-20(12-16)29(27,28)24-19-6-3-5-17(22)13-19/h2-13,24H,14H2,1H3. The fourth-order valence-electron chi connectivity index (χ4n) is 2.72. The molecule has 150 valence electrons. The van der Waals surface area contributed by atoms with Crippen LogP contribution in [0.15, 0.2) is 77.7 Å². The Balaban J connectivity index is 1.78. The van der Waals surface area contributed by atoms with E-state index in [-0.39, 0.29) is 28.7 Å². The smallest absolute Gasteiger partial charge is 0.261 e. The molecule has 0 atom stereocenters. The lowest BCUT2D eigenvalue weighted by Gasteiger charge is -2.18. The molecule has 0 spiro atoms. The van der Waals surface area contributed by atoms with Gasteiger partial charge in [-0.25, -0.2) is 12.8 Å². The summed E-state index contributed by atoms with van der Waals surface area (Å²) in [6.45, 7) is 0.261. The summed E-state index contributed by atoms with van der Waals surface area (Å²) in [6, 6.07) is 17.9. The van der Waals surface area contributed by atoms with Crippen LogP contribution in [0.2, 0.25) is 5.02 Å². The molecular formula is C21H18ClFN2O3S. The van der Waals surface area contributed by atoms with E-state index in [0.717, 1.165) is 5.56 Å². The number of halogens is 2. The van der Waals surface area contributed by atoms with Crippen LogP contribution in [0.5, 0.6) is 0 Å². The molecule has 3 rings (SSSR count). The molecule has 0 radical (unpaired) electrons. The number of nitrogens with one attached hydrogen (secondary N) is 1. The Bertz CT molecular complexity index is 1130. The number of benzene rings is 3. The summed E-state index contributed by atoms with van der Waals surface area (Å²) in [5, 5.41) is 0.400. The van der Waals surface area contributed by atoms with Crippen molar-refractivity contribution in [3.8, 4) is 0 Å². The van der Waals surface area contributed by atoms with Crippen LogP contribution < -0.4 is 4.72 Å². The molecule has 3 aromatic rings. The van der Waals surface area contributed by atoms with Crippen LogP contribution in [0.4, 0.5) is 10.1 Å². The molecule has 0 unspecified atom stereocenters. The van der Waals surface area contributed by atoms with Crippen molar-refractivity contribution in [1.82, 2.24) is 4.90 Å². The molecule has 0 bridgehead atoms. The van der Waals surface area contributed by atoms with Gasteiger partial charge in [-0.15, -0.1) is 0 Å². The molecule has 0 aliphatic carbocycles. The Kier molecular flexibility index (Phi) is 6.20. The van der Waals surface area contributed by atoms with Gasteiger partial charge in [-0.3, -0.25) is 9.52 Å². The molecule has 0 heterocycles. The lowest BCUT2D eigenvalue weighted by molar-refractivity contribution is 0.0785. The monoisotopic (exact) mass is 432 g/mol. The summed E-state index contributed by atoms with van der Waals surface area (Å²) in [7, 11) is -2.30. The van der Waals surface area contributed by atoms with Crippen molar-refractivity contribution in [2.75, 3.05) is 11.8 Å². The lowest BCUT2D eigenvalue weighted by Crippen LogP contribution is -2.26. The van der Waals surface area contributed by atoms with Gasteiger partial charge >= 0.3 is 0 Å². The second-order valence-corrected chi connectivity index (χ2v) is 8.55.